The minimum atomic E-state index is -0.726. The maximum atomic E-state index is 11.0. The van der Waals surface area contributed by atoms with E-state index in [1.165, 1.54) is 0 Å². The van der Waals surface area contributed by atoms with Crippen molar-refractivity contribution in [1.29, 1.82) is 0 Å². The number of carbonyl (C=O) groups is 3. The molecule has 0 amide bonds. The summed E-state index contributed by atoms with van der Waals surface area (Å²) in [7, 11) is 0. The van der Waals surface area contributed by atoms with Gasteiger partial charge < -0.3 is 9.47 Å². The van der Waals surface area contributed by atoms with E-state index in [-0.39, 0.29) is 25.9 Å². The molecule has 0 unspecified atom stereocenters. The van der Waals surface area contributed by atoms with Crippen LogP contribution < -0.4 is 0 Å². The summed E-state index contributed by atoms with van der Waals surface area (Å²) in [6.07, 6.45) is 5.34. The lowest BCUT2D eigenvalue weighted by Gasteiger charge is -2.02. The molecule has 0 atom stereocenters. The molecule has 5 heteroatoms. The molecular weight excluding hydrogens is 212 g/mol. The van der Waals surface area contributed by atoms with E-state index >= 15 is 0 Å². The van der Waals surface area contributed by atoms with Gasteiger partial charge in [0.2, 0.25) is 0 Å². The lowest BCUT2D eigenvalue weighted by Crippen LogP contribution is -2.14. The summed E-state index contributed by atoms with van der Waals surface area (Å²) in [5.74, 6) is 0.232. The Morgan fingerprint density at radius 2 is 1.62 bits per heavy atom. The first-order valence-corrected chi connectivity index (χ1v) is 4.92. The Morgan fingerprint density at radius 1 is 1.06 bits per heavy atom. The first kappa shape index (κ1) is 14.2. The van der Waals surface area contributed by atoms with E-state index < -0.39 is 17.9 Å². The Hall–Kier alpha value is -1.83. The second-order valence-corrected chi connectivity index (χ2v) is 2.96. The maximum Gasteiger partial charge on any atom is 0.314 e. The van der Waals surface area contributed by atoms with Crippen LogP contribution in [0.1, 0.15) is 32.6 Å². The molecule has 0 aliphatic heterocycles. The SMILES string of the molecule is C#CCOC(=O)CCC(=O)OC(=O)CCC. The molecule has 0 N–H and O–H groups in total. The fourth-order valence-corrected chi connectivity index (χ4v) is 0.832. The molecular formula is C11H14O5. The van der Waals surface area contributed by atoms with Crippen molar-refractivity contribution in [3.05, 3.63) is 0 Å². The number of rotatable bonds is 6. The van der Waals surface area contributed by atoms with Gasteiger partial charge in [-0.3, -0.25) is 14.4 Å². The van der Waals surface area contributed by atoms with Gasteiger partial charge in [0.1, 0.15) is 0 Å². The number of ether oxygens (including phenoxy) is 2. The van der Waals surface area contributed by atoms with Crippen LogP contribution in [0.2, 0.25) is 0 Å². The summed E-state index contributed by atoms with van der Waals surface area (Å²) in [5, 5.41) is 0. The molecule has 0 aromatic heterocycles. The molecule has 0 rings (SSSR count). The molecule has 0 bridgehead atoms. The van der Waals surface area contributed by atoms with Crippen LogP contribution in [-0.4, -0.2) is 24.5 Å². The minimum Gasteiger partial charge on any atom is -0.452 e. The van der Waals surface area contributed by atoms with Gasteiger partial charge in [0.05, 0.1) is 12.8 Å². The van der Waals surface area contributed by atoms with Gasteiger partial charge in [-0.2, -0.15) is 0 Å². The number of hydrogen-bond donors (Lipinski definition) is 0. The van der Waals surface area contributed by atoms with Gasteiger partial charge in [0.15, 0.2) is 6.61 Å². The predicted octanol–water partition coefficient (Wildman–Crippen LogP) is 0.813. The van der Waals surface area contributed by atoms with Crippen molar-refractivity contribution >= 4 is 17.9 Å². The normalized spacial score (nSPS) is 9.00. The van der Waals surface area contributed by atoms with Crippen LogP contribution in [-0.2, 0) is 23.9 Å². The zero-order valence-electron chi connectivity index (χ0n) is 9.15. The number of esters is 3. The maximum absolute atomic E-state index is 11.0. The van der Waals surface area contributed by atoms with E-state index in [0.717, 1.165) is 0 Å². The summed E-state index contributed by atoms with van der Waals surface area (Å²) >= 11 is 0. The zero-order chi connectivity index (χ0) is 12.4. The zero-order valence-corrected chi connectivity index (χ0v) is 9.15. The Balaban J connectivity index is 3.69. The van der Waals surface area contributed by atoms with Crippen molar-refractivity contribution in [1.82, 2.24) is 0 Å². The van der Waals surface area contributed by atoms with E-state index in [0.29, 0.717) is 6.42 Å². The Labute approximate surface area is 94.1 Å². The number of hydrogen-bond acceptors (Lipinski definition) is 5. The molecule has 0 heterocycles. The van der Waals surface area contributed by atoms with Gasteiger partial charge in [0, 0.05) is 6.42 Å². The lowest BCUT2D eigenvalue weighted by atomic mass is 10.3. The van der Waals surface area contributed by atoms with Gasteiger partial charge in [0.25, 0.3) is 0 Å². The first-order chi connectivity index (χ1) is 7.60. The summed E-state index contributed by atoms with van der Waals surface area (Å²) < 4.78 is 8.95. The van der Waals surface area contributed by atoms with E-state index in [1.54, 1.807) is 6.92 Å². The molecule has 0 radical (unpaired) electrons. The third-order valence-corrected chi connectivity index (χ3v) is 1.53. The third kappa shape index (κ3) is 7.56. The van der Waals surface area contributed by atoms with Crippen LogP contribution in [0.25, 0.3) is 0 Å². The average Bonchev–Trinajstić information content (AvgIpc) is 2.23. The van der Waals surface area contributed by atoms with Crippen molar-refractivity contribution in [2.45, 2.75) is 32.6 Å². The number of terminal acetylenes is 1. The highest BCUT2D eigenvalue weighted by Crippen LogP contribution is 1.98. The van der Waals surface area contributed by atoms with Gasteiger partial charge in [-0.15, -0.1) is 6.42 Å². The summed E-state index contributed by atoms with van der Waals surface area (Å²) in [5.41, 5.74) is 0. The Bertz CT molecular complexity index is 300. The second-order valence-electron chi connectivity index (χ2n) is 2.96. The van der Waals surface area contributed by atoms with Crippen LogP contribution in [0.4, 0.5) is 0 Å². The van der Waals surface area contributed by atoms with E-state index in [2.05, 4.69) is 15.4 Å². The van der Waals surface area contributed by atoms with E-state index in [1.807, 2.05) is 0 Å². The smallest absolute Gasteiger partial charge is 0.314 e. The van der Waals surface area contributed by atoms with Gasteiger partial charge >= 0.3 is 17.9 Å². The number of carbonyl (C=O) groups excluding carboxylic acids is 3. The summed E-state index contributed by atoms with van der Waals surface area (Å²) in [4.78, 5) is 32.8. The molecule has 0 fully saturated rings. The van der Waals surface area contributed by atoms with Crippen LogP contribution in [0, 0.1) is 12.3 Å². The molecule has 0 aromatic rings. The van der Waals surface area contributed by atoms with Crippen molar-refractivity contribution in [2.24, 2.45) is 0 Å². The van der Waals surface area contributed by atoms with E-state index in [9.17, 15) is 14.4 Å². The van der Waals surface area contributed by atoms with Crippen molar-refractivity contribution in [2.75, 3.05) is 6.61 Å². The fraction of sp³-hybridized carbons (Fsp3) is 0.545. The van der Waals surface area contributed by atoms with Crippen molar-refractivity contribution in [3.63, 3.8) is 0 Å². The molecule has 0 aliphatic carbocycles. The lowest BCUT2D eigenvalue weighted by molar-refractivity contribution is -0.161. The summed E-state index contributed by atoms with van der Waals surface area (Å²) in [6, 6.07) is 0. The molecule has 5 nitrogen and oxygen atoms in total. The molecule has 0 saturated carbocycles. The van der Waals surface area contributed by atoms with Crippen LogP contribution in [0.3, 0.4) is 0 Å². The quantitative estimate of drug-likeness (QED) is 0.381. The van der Waals surface area contributed by atoms with Crippen molar-refractivity contribution in [3.8, 4) is 12.3 Å². The van der Waals surface area contributed by atoms with Gasteiger partial charge in [-0.25, -0.2) is 0 Å². The van der Waals surface area contributed by atoms with Crippen LogP contribution >= 0.6 is 0 Å². The predicted molar refractivity (Wildman–Crippen MR) is 55.0 cm³/mol. The monoisotopic (exact) mass is 226 g/mol. The van der Waals surface area contributed by atoms with Gasteiger partial charge in [-0.1, -0.05) is 12.8 Å². The molecule has 0 spiro atoms. The molecule has 16 heavy (non-hydrogen) atoms. The highest BCUT2D eigenvalue weighted by atomic mass is 16.6. The first-order valence-electron chi connectivity index (χ1n) is 4.92. The van der Waals surface area contributed by atoms with Gasteiger partial charge in [-0.05, 0) is 6.42 Å². The standard InChI is InChI=1S/C11H14O5/c1-3-5-10(13)16-11(14)7-6-9(12)15-8-4-2/h2H,3,5-8H2,1H3. The molecule has 0 aromatic carbocycles. The fourth-order valence-electron chi connectivity index (χ4n) is 0.832. The highest BCUT2D eigenvalue weighted by molar-refractivity contribution is 5.87. The highest BCUT2D eigenvalue weighted by Gasteiger charge is 2.12. The topological polar surface area (TPSA) is 69.7 Å². The largest absolute Gasteiger partial charge is 0.452 e. The Kier molecular flexibility index (Phi) is 7.51. The molecule has 88 valence electrons. The van der Waals surface area contributed by atoms with Crippen LogP contribution in [0.5, 0.6) is 0 Å². The van der Waals surface area contributed by atoms with E-state index in [4.69, 9.17) is 6.42 Å². The minimum absolute atomic E-state index is 0.122. The summed E-state index contributed by atoms with van der Waals surface area (Å²) in [6.45, 7) is 1.67. The third-order valence-electron chi connectivity index (χ3n) is 1.53. The second kappa shape index (κ2) is 8.48. The van der Waals surface area contributed by atoms with Crippen molar-refractivity contribution < 1.29 is 23.9 Å². The molecule has 0 aliphatic rings. The van der Waals surface area contributed by atoms with Crippen LogP contribution in [0.15, 0.2) is 0 Å². The average molecular weight is 226 g/mol. The Morgan fingerprint density at radius 3 is 2.19 bits per heavy atom. The molecule has 0 saturated heterocycles.